The van der Waals surface area contributed by atoms with E-state index in [1.807, 2.05) is 20.8 Å². The van der Waals surface area contributed by atoms with Crippen molar-refractivity contribution in [2.45, 2.75) is 58.1 Å². The maximum atomic E-state index is 12.3. The van der Waals surface area contributed by atoms with Crippen LogP contribution in [0.3, 0.4) is 0 Å². The highest BCUT2D eigenvalue weighted by atomic mass is 16.6. The molecular weight excluding hydrogens is 428 g/mol. The van der Waals surface area contributed by atoms with Crippen LogP contribution in [0.2, 0.25) is 0 Å². The molecule has 0 spiro atoms. The van der Waals surface area contributed by atoms with E-state index < -0.39 is 12.0 Å². The van der Waals surface area contributed by atoms with Gasteiger partial charge < -0.3 is 24.8 Å². The molecule has 10 nitrogen and oxygen atoms in total. The molecular formula is C23H30N4O6. The van der Waals surface area contributed by atoms with E-state index in [1.54, 1.807) is 18.2 Å². The number of aromatic amines is 1. The molecule has 3 rings (SSSR count). The van der Waals surface area contributed by atoms with Crippen molar-refractivity contribution in [1.82, 2.24) is 15.5 Å². The van der Waals surface area contributed by atoms with Gasteiger partial charge in [0.2, 0.25) is 0 Å². The van der Waals surface area contributed by atoms with Crippen LogP contribution >= 0.6 is 0 Å². The Bertz CT molecular complexity index is 1000. The largest absolute Gasteiger partial charge is 0.496 e. The summed E-state index contributed by atoms with van der Waals surface area (Å²) in [5.74, 6) is 0.802. The van der Waals surface area contributed by atoms with Crippen molar-refractivity contribution in [1.29, 1.82) is 0 Å². The van der Waals surface area contributed by atoms with Crippen molar-refractivity contribution in [3.05, 3.63) is 35.0 Å². The Labute approximate surface area is 192 Å². The lowest BCUT2D eigenvalue weighted by Gasteiger charge is -2.14. The van der Waals surface area contributed by atoms with Crippen LogP contribution in [0.1, 0.15) is 60.6 Å². The molecule has 1 fully saturated rings. The Morgan fingerprint density at radius 3 is 2.79 bits per heavy atom. The third kappa shape index (κ3) is 6.24. The van der Waals surface area contributed by atoms with Gasteiger partial charge in [0.25, 0.3) is 5.91 Å². The molecule has 0 aliphatic heterocycles. The molecule has 1 aliphatic carbocycles. The van der Waals surface area contributed by atoms with Crippen LogP contribution in [0.25, 0.3) is 0 Å². The molecule has 2 aromatic rings. The zero-order valence-electron chi connectivity index (χ0n) is 19.3. The minimum atomic E-state index is -0.414. The first-order valence-electron chi connectivity index (χ1n) is 10.9. The number of benzene rings is 1. The van der Waals surface area contributed by atoms with Crippen LogP contribution < -0.4 is 20.1 Å². The van der Waals surface area contributed by atoms with Gasteiger partial charge in [0.15, 0.2) is 18.7 Å². The van der Waals surface area contributed by atoms with Crippen LogP contribution in [0.5, 0.6) is 11.5 Å². The minimum absolute atomic E-state index is 0.0236. The molecule has 3 N–H and O–H groups in total. The molecule has 1 heterocycles. The predicted octanol–water partition coefficient (Wildman–Crippen LogP) is 3.33. The summed E-state index contributed by atoms with van der Waals surface area (Å²) >= 11 is 0. The van der Waals surface area contributed by atoms with Crippen LogP contribution in [-0.4, -0.2) is 54.3 Å². The number of nitrogens with one attached hydrogen (secondary N) is 3. The van der Waals surface area contributed by atoms with E-state index >= 15 is 0 Å². The lowest BCUT2D eigenvalue weighted by molar-refractivity contribution is -0.118. The Balaban J connectivity index is 1.51. The SMILES string of the molecule is COc1c(C)ccc(OCC(=O)Nc2cc([C@H]3CC[C@@H](OC(=O)NC(C)C)C3)[nH]n2)c1C=O. The van der Waals surface area contributed by atoms with Crippen LogP contribution in [0.4, 0.5) is 10.6 Å². The maximum absolute atomic E-state index is 12.3. The fraction of sp³-hybridized carbons (Fsp3) is 0.478. The lowest BCUT2D eigenvalue weighted by atomic mass is 10.0. The van der Waals surface area contributed by atoms with Crippen molar-refractivity contribution in [2.75, 3.05) is 19.0 Å². The number of carbonyl (C=O) groups is 3. The monoisotopic (exact) mass is 458 g/mol. The summed E-state index contributed by atoms with van der Waals surface area (Å²) in [5, 5.41) is 12.5. The van der Waals surface area contributed by atoms with E-state index in [0.717, 1.165) is 24.1 Å². The highest BCUT2D eigenvalue weighted by molar-refractivity contribution is 5.91. The first-order valence-corrected chi connectivity index (χ1v) is 10.9. The average Bonchev–Trinajstić information content (AvgIpc) is 3.41. The number of H-pyrrole nitrogens is 1. The molecule has 2 amide bonds. The number of amides is 2. The second kappa shape index (κ2) is 10.8. The van der Waals surface area contributed by atoms with Gasteiger partial charge >= 0.3 is 6.09 Å². The molecule has 0 saturated heterocycles. The number of nitrogens with zero attached hydrogens (tertiary/aromatic N) is 1. The number of anilines is 1. The maximum Gasteiger partial charge on any atom is 0.407 e. The first kappa shape index (κ1) is 24.1. The van der Waals surface area contributed by atoms with Gasteiger partial charge in [0.05, 0.1) is 12.7 Å². The van der Waals surface area contributed by atoms with Gasteiger partial charge in [-0.25, -0.2) is 4.79 Å². The van der Waals surface area contributed by atoms with Crippen LogP contribution in [0.15, 0.2) is 18.2 Å². The topological polar surface area (TPSA) is 132 Å². The number of rotatable bonds is 9. The Morgan fingerprint density at radius 2 is 2.09 bits per heavy atom. The molecule has 1 aromatic carbocycles. The van der Waals surface area contributed by atoms with Crippen molar-refractivity contribution in [3.8, 4) is 11.5 Å². The van der Waals surface area contributed by atoms with Crippen molar-refractivity contribution < 1.29 is 28.6 Å². The Hall–Kier alpha value is -3.56. The van der Waals surface area contributed by atoms with Crippen molar-refractivity contribution in [3.63, 3.8) is 0 Å². The van der Waals surface area contributed by atoms with Crippen LogP contribution in [-0.2, 0) is 9.53 Å². The normalized spacial score (nSPS) is 17.5. The summed E-state index contributed by atoms with van der Waals surface area (Å²) in [6, 6.07) is 5.17. The number of aryl methyl sites for hydroxylation is 1. The van der Waals surface area contributed by atoms with E-state index in [0.29, 0.717) is 24.3 Å². The van der Waals surface area contributed by atoms with Gasteiger partial charge in [0, 0.05) is 23.7 Å². The third-order valence-corrected chi connectivity index (χ3v) is 5.40. The molecule has 1 aliphatic rings. The number of ether oxygens (including phenoxy) is 3. The summed E-state index contributed by atoms with van der Waals surface area (Å²) < 4.78 is 16.2. The first-order chi connectivity index (χ1) is 15.8. The zero-order chi connectivity index (χ0) is 24.0. The van der Waals surface area contributed by atoms with Gasteiger partial charge in [-0.2, -0.15) is 5.10 Å². The summed E-state index contributed by atoms with van der Waals surface area (Å²) in [6.45, 7) is 5.28. The van der Waals surface area contributed by atoms with E-state index in [9.17, 15) is 14.4 Å². The second-order valence-corrected chi connectivity index (χ2v) is 8.33. The van der Waals surface area contributed by atoms with E-state index in [1.165, 1.54) is 7.11 Å². The highest BCUT2D eigenvalue weighted by Gasteiger charge is 2.30. The van der Waals surface area contributed by atoms with E-state index in [-0.39, 0.29) is 36.0 Å². The van der Waals surface area contributed by atoms with Crippen LogP contribution in [0, 0.1) is 6.92 Å². The summed E-state index contributed by atoms with van der Waals surface area (Å²) in [7, 11) is 1.47. The number of aldehydes is 1. The Morgan fingerprint density at radius 1 is 1.30 bits per heavy atom. The van der Waals surface area contributed by atoms with Gasteiger partial charge in [-0.05, 0) is 51.7 Å². The number of hydrogen-bond acceptors (Lipinski definition) is 7. The second-order valence-electron chi connectivity index (χ2n) is 8.33. The van der Waals surface area contributed by atoms with E-state index in [4.69, 9.17) is 14.2 Å². The summed E-state index contributed by atoms with van der Waals surface area (Å²) in [4.78, 5) is 35.6. The molecule has 1 aromatic heterocycles. The molecule has 1 saturated carbocycles. The average molecular weight is 459 g/mol. The van der Waals surface area contributed by atoms with Crippen molar-refractivity contribution in [2.24, 2.45) is 0 Å². The molecule has 0 unspecified atom stereocenters. The molecule has 178 valence electrons. The lowest BCUT2D eigenvalue weighted by Crippen LogP contribution is -2.33. The number of hydrogen-bond donors (Lipinski definition) is 3. The van der Waals surface area contributed by atoms with Gasteiger partial charge in [-0.1, -0.05) is 6.07 Å². The summed E-state index contributed by atoms with van der Waals surface area (Å²) in [6.07, 6.45) is 2.39. The van der Waals surface area contributed by atoms with Gasteiger partial charge in [-0.15, -0.1) is 0 Å². The third-order valence-electron chi connectivity index (χ3n) is 5.40. The zero-order valence-corrected chi connectivity index (χ0v) is 19.3. The standard InChI is InChI=1S/C23H30N4O6/c1-13(2)24-23(30)33-16-7-6-15(9-16)18-10-20(27-26-18)25-21(29)12-32-19-8-5-14(3)22(31-4)17(19)11-28/h5,8,10-11,13,15-16H,6-7,9,12H2,1-4H3,(H,24,30)(H2,25,26,27,29)/t15-,16+/m0/s1. The number of methoxy groups -OCH3 is 1. The fourth-order valence-electron chi connectivity index (χ4n) is 3.88. The Kier molecular flexibility index (Phi) is 7.92. The van der Waals surface area contributed by atoms with Gasteiger partial charge in [-0.3, -0.25) is 14.7 Å². The molecule has 2 atom stereocenters. The molecule has 33 heavy (non-hydrogen) atoms. The molecule has 0 radical (unpaired) electrons. The summed E-state index contributed by atoms with van der Waals surface area (Å²) in [5.41, 5.74) is 1.92. The number of carbonyl (C=O) groups excluding carboxylic acids is 3. The predicted molar refractivity (Wildman–Crippen MR) is 121 cm³/mol. The van der Waals surface area contributed by atoms with Crippen molar-refractivity contribution >= 4 is 24.1 Å². The number of alkyl carbamates (subject to hydrolysis) is 1. The smallest absolute Gasteiger partial charge is 0.407 e. The number of aromatic nitrogens is 2. The van der Waals surface area contributed by atoms with Gasteiger partial charge in [0.1, 0.15) is 17.6 Å². The quantitative estimate of drug-likeness (QED) is 0.491. The van der Waals surface area contributed by atoms with E-state index in [2.05, 4.69) is 20.8 Å². The fourth-order valence-corrected chi connectivity index (χ4v) is 3.88. The highest BCUT2D eigenvalue weighted by Crippen LogP contribution is 2.36. The minimum Gasteiger partial charge on any atom is -0.496 e. The molecule has 0 bridgehead atoms. The molecule has 10 heteroatoms.